The molecule has 0 aromatic heterocycles. The van der Waals surface area contributed by atoms with Crippen molar-refractivity contribution in [2.75, 3.05) is 19.6 Å². The third-order valence-electron chi connectivity index (χ3n) is 5.12. The van der Waals surface area contributed by atoms with Crippen LogP contribution in [0.15, 0.2) is 12.2 Å². The third-order valence-corrected chi connectivity index (χ3v) is 5.12. The summed E-state index contributed by atoms with van der Waals surface area (Å²) in [4.78, 5) is 12.3. The van der Waals surface area contributed by atoms with E-state index < -0.39 is 0 Å². The van der Waals surface area contributed by atoms with Crippen molar-refractivity contribution in [3.8, 4) is 0 Å². The molecule has 3 heteroatoms. The van der Waals surface area contributed by atoms with Gasteiger partial charge < -0.3 is 10.6 Å². The van der Waals surface area contributed by atoms with Gasteiger partial charge in [0.1, 0.15) is 0 Å². The van der Waals surface area contributed by atoms with Gasteiger partial charge in [-0.1, -0.05) is 19.1 Å². The van der Waals surface area contributed by atoms with Gasteiger partial charge in [0.15, 0.2) is 0 Å². The van der Waals surface area contributed by atoms with Crippen molar-refractivity contribution in [3.05, 3.63) is 12.2 Å². The van der Waals surface area contributed by atoms with Crippen molar-refractivity contribution in [1.29, 1.82) is 0 Å². The van der Waals surface area contributed by atoms with E-state index in [-0.39, 0.29) is 5.92 Å². The van der Waals surface area contributed by atoms with Crippen molar-refractivity contribution < 1.29 is 4.79 Å². The van der Waals surface area contributed by atoms with Gasteiger partial charge in [-0.05, 0) is 56.0 Å². The fraction of sp³-hybridized carbons (Fsp3) is 0.800. The van der Waals surface area contributed by atoms with Crippen LogP contribution in [0.1, 0.15) is 32.6 Å². The van der Waals surface area contributed by atoms with Crippen LogP contribution >= 0.6 is 0 Å². The molecule has 2 aliphatic carbocycles. The molecule has 3 aliphatic rings. The molecule has 2 bridgehead atoms. The highest BCUT2D eigenvalue weighted by Crippen LogP contribution is 2.43. The van der Waals surface area contributed by atoms with Crippen molar-refractivity contribution in [2.24, 2.45) is 23.2 Å². The number of nitrogens with one attached hydrogen (secondary N) is 2. The van der Waals surface area contributed by atoms with Crippen molar-refractivity contribution in [1.82, 2.24) is 10.6 Å². The van der Waals surface area contributed by atoms with E-state index in [0.717, 1.165) is 26.1 Å². The molecule has 3 unspecified atom stereocenters. The number of carbonyl (C=O) groups excluding carboxylic acids is 1. The van der Waals surface area contributed by atoms with Crippen LogP contribution in [0.25, 0.3) is 0 Å². The fourth-order valence-corrected chi connectivity index (χ4v) is 3.72. The van der Waals surface area contributed by atoms with Crippen molar-refractivity contribution >= 4 is 5.91 Å². The molecular formula is C15H24N2O. The molecule has 1 amide bonds. The number of fused-ring (bicyclic) bond motifs is 2. The van der Waals surface area contributed by atoms with Gasteiger partial charge in [-0.2, -0.15) is 0 Å². The summed E-state index contributed by atoms with van der Waals surface area (Å²) in [6, 6.07) is 0. The number of hydrogen-bond acceptors (Lipinski definition) is 2. The van der Waals surface area contributed by atoms with Gasteiger partial charge in [-0.25, -0.2) is 0 Å². The Hall–Kier alpha value is -0.830. The highest BCUT2D eigenvalue weighted by Gasteiger charge is 2.40. The van der Waals surface area contributed by atoms with E-state index in [9.17, 15) is 4.79 Å². The van der Waals surface area contributed by atoms with Gasteiger partial charge in [-0.3, -0.25) is 4.79 Å². The van der Waals surface area contributed by atoms with Gasteiger partial charge in [0.2, 0.25) is 5.91 Å². The number of carbonyl (C=O) groups is 1. The molecule has 100 valence electrons. The number of allylic oxidation sites excluding steroid dienone is 2. The van der Waals surface area contributed by atoms with Crippen LogP contribution in [0.5, 0.6) is 0 Å². The lowest BCUT2D eigenvalue weighted by molar-refractivity contribution is -0.126. The van der Waals surface area contributed by atoms with E-state index in [2.05, 4.69) is 29.7 Å². The minimum Gasteiger partial charge on any atom is -0.355 e. The summed E-state index contributed by atoms with van der Waals surface area (Å²) in [6.45, 7) is 5.33. The number of hydrogen-bond donors (Lipinski definition) is 2. The van der Waals surface area contributed by atoms with Gasteiger partial charge in [0.05, 0.1) is 0 Å². The van der Waals surface area contributed by atoms with Crippen LogP contribution in [0.4, 0.5) is 0 Å². The summed E-state index contributed by atoms with van der Waals surface area (Å²) >= 11 is 0. The quantitative estimate of drug-likeness (QED) is 0.747. The van der Waals surface area contributed by atoms with E-state index in [4.69, 9.17) is 0 Å². The normalized spacial score (nSPS) is 36.8. The van der Waals surface area contributed by atoms with E-state index in [1.165, 1.54) is 19.3 Å². The monoisotopic (exact) mass is 248 g/mol. The van der Waals surface area contributed by atoms with Gasteiger partial charge in [0.25, 0.3) is 0 Å². The van der Waals surface area contributed by atoms with E-state index in [1.807, 2.05) is 0 Å². The number of piperidine rings is 1. The van der Waals surface area contributed by atoms with Gasteiger partial charge in [0, 0.05) is 12.5 Å². The first-order valence-corrected chi connectivity index (χ1v) is 7.33. The van der Waals surface area contributed by atoms with Crippen LogP contribution in [0, 0.1) is 23.2 Å². The minimum atomic E-state index is 0.255. The Bertz CT molecular complexity index is 358. The zero-order valence-electron chi connectivity index (χ0n) is 11.2. The Morgan fingerprint density at radius 2 is 2.11 bits per heavy atom. The first-order valence-electron chi connectivity index (χ1n) is 7.33. The second-order valence-corrected chi connectivity index (χ2v) is 6.67. The summed E-state index contributed by atoms with van der Waals surface area (Å²) < 4.78 is 0. The maximum Gasteiger partial charge on any atom is 0.223 e. The Kier molecular flexibility index (Phi) is 3.18. The Morgan fingerprint density at radius 3 is 2.72 bits per heavy atom. The Morgan fingerprint density at radius 1 is 1.33 bits per heavy atom. The molecule has 3 nitrogen and oxygen atoms in total. The largest absolute Gasteiger partial charge is 0.355 e. The molecule has 0 spiro atoms. The lowest BCUT2D eigenvalue weighted by atomic mass is 9.80. The number of rotatable bonds is 3. The van der Waals surface area contributed by atoms with Crippen molar-refractivity contribution in [3.63, 3.8) is 0 Å². The minimum absolute atomic E-state index is 0.255. The molecule has 0 aromatic carbocycles. The topological polar surface area (TPSA) is 41.1 Å². The molecule has 1 saturated heterocycles. The third kappa shape index (κ3) is 2.33. The van der Waals surface area contributed by atoms with Crippen LogP contribution in [0.2, 0.25) is 0 Å². The molecule has 0 radical (unpaired) electrons. The Balaban J connectivity index is 1.51. The molecule has 3 rings (SSSR count). The summed E-state index contributed by atoms with van der Waals surface area (Å²) in [5, 5.41) is 6.60. The number of amides is 1. The lowest BCUT2D eigenvalue weighted by Gasteiger charge is -2.34. The summed E-state index contributed by atoms with van der Waals surface area (Å²) in [7, 11) is 0. The maximum absolute atomic E-state index is 12.3. The van der Waals surface area contributed by atoms with Crippen LogP contribution in [-0.2, 0) is 4.79 Å². The lowest BCUT2D eigenvalue weighted by Crippen LogP contribution is -2.44. The zero-order valence-corrected chi connectivity index (χ0v) is 11.2. The molecule has 1 aliphatic heterocycles. The summed E-state index contributed by atoms with van der Waals surface area (Å²) in [6.07, 6.45) is 9.17. The van der Waals surface area contributed by atoms with Crippen LogP contribution in [-0.4, -0.2) is 25.5 Å². The SMILES string of the molecule is CC1(CNC(=O)C2CC3C=CC2C3)CCNCC1. The molecule has 2 fully saturated rings. The van der Waals surface area contributed by atoms with E-state index >= 15 is 0 Å². The Labute approximate surface area is 109 Å². The predicted octanol–water partition coefficient (Wildman–Crippen LogP) is 1.70. The second-order valence-electron chi connectivity index (χ2n) is 6.67. The van der Waals surface area contributed by atoms with Gasteiger partial charge in [-0.15, -0.1) is 0 Å². The maximum atomic E-state index is 12.3. The summed E-state index contributed by atoms with van der Waals surface area (Å²) in [5.41, 5.74) is 0.300. The van der Waals surface area contributed by atoms with E-state index in [0.29, 0.717) is 23.2 Å². The van der Waals surface area contributed by atoms with E-state index in [1.54, 1.807) is 0 Å². The predicted molar refractivity (Wildman–Crippen MR) is 72.1 cm³/mol. The average molecular weight is 248 g/mol. The molecule has 1 heterocycles. The first kappa shape index (κ1) is 12.2. The highest BCUT2D eigenvalue weighted by molar-refractivity contribution is 5.80. The highest BCUT2D eigenvalue weighted by atomic mass is 16.1. The van der Waals surface area contributed by atoms with Gasteiger partial charge >= 0.3 is 0 Å². The molecule has 18 heavy (non-hydrogen) atoms. The summed E-state index contributed by atoms with van der Waals surface area (Å²) in [5.74, 6) is 1.76. The molecular weight excluding hydrogens is 224 g/mol. The van der Waals surface area contributed by atoms with Crippen LogP contribution in [0.3, 0.4) is 0 Å². The average Bonchev–Trinajstić information content (AvgIpc) is 2.99. The zero-order chi connectivity index (χ0) is 12.6. The first-order chi connectivity index (χ1) is 8.66. The standard InChI is InChI=1S/C15H24N2O/c1-15(4-6-16-7-5-15)10-17-14(18)13-9-11-2-3-12(13)8-11/h2-3,11-13,16H,4-10H2,1H3,(H,17,18). The van der Waals surface area contributed by atoms with Crippen molar-refractivity contribution in [2.45, 2.75) is 32.6 Å². The smallest absolute Gasteiger partial charge is 0.223 e. The second kappa shape index (κ2) is 4.69. The molecule has 2 N–H and O–H groups in total. The molecule has 1 saturated carbocycles. The molecule has 0 aromatic rings. The fourth-order valence-electron chi connectivity index (χ4n) is 3.72. The van der Waals surface area contributed by atoms with Crippen LogP contribution < -0.4 is 10.6 Å². The molecule has 3 atom stereocenters.